The van der Waals surface area contributed by atoms with Gasteiger partial charge in [-0.1, -0.05) is 13.8 Å². The Morgan fingerprint density at radius 3 is 2.13 bits per heavy atom. The van der Waals surface area contributed by atoms with E-state index in [1.165, 1.54) is 6.92 Å². The van der Waals surface area contributed by atoms with Crippen LogP contribution >= 0.6 is 0 Å². The van der Waals surface area contributed by atoms with E-state index in [4.69, 9.17) is 10.8 Å². The molecular formula is C9H19N3O3. The fraction of sp³-hybridized carbons (Fsp3) is 0.778. The Balaban J connectivity index is 4.15. The van der Waals surface area contributed by atoms with Crippen molar-refractivity contribution in [2.75, 3.05) is 6.61 Å². The van der Waals surface area contributed by atoms with Gasteiger partial charge in [-0.15, -0.1) is 0 Å². The van der Waals surface area contributed by atoms with E-state index in [0.717, 1.165) is 0 Å². The predicted molar refractivity (Wildman–Crippen MR) is 56.0 cm³/mol. The van der Waals surface area contributed by atoms with Crippen LogP contribution < -0.4 is 16.4 Å². The second-order valence-corrected chi connectivity index (χ2v) is 3.77. The highest BCUT2D eigenvalue weighted by Crippen LogP contribution is 2.00. The molecule has 0 radical (unpaired) electrons. The minimum absolute atomic E-state index is 0.125. The van der Waals surface area contributed by atoms with Gasteiger partial charge in [0.2, 0.25) is 5.91 Å². The molecule has 0 aliphatic rings. The molecule has 0 saturated heterocycles. The lowest BCUT2D eigenvalue weighted by molar-refractivity contribution is -0.123. The Morgan fingerprint density at radius 1 is 1.27 bits per heavy atom. The summed E-state index contributed by atoms with van der Waals surface area (Å²) in [5.41, 5.74) is 4.87. The molecule has 0 rings (SSSR count). The first-order chi connectivity index (χ1) is 6.88. The number of aliphatic hydroxyl groups excluding tert-OH is 1. The minimum Gasteiger partial charge on any atom is -0.394 e. The fourth-order valence-corrected chi connectivity index (χ4v) is 1.01. The number of hydrogen-bond donors (Lipinski definition) is 4. The summed E-state index contributed by atoms with van der Waals surface area (Å²) in [6.07, 6.45) is 0. The van der Waals surface area contributed by atoms with Gasteiger partial charge < -0.3 is 21.5 Å². The third kappa shape index (κ3) is 5.21. The molecule has 0 aliphatic carbocycles. The van der Waals surface area contributed by atoms with Crippen LogP contribution in [-0.4, -0.2) is 35.7 Å². The maximum Gasteiger partial charge on any atom is 0.312 e. The monoisotopic (exact) mass is 217 g/mol. The summed E-state index contributed by atoms with van der Waals surface area (Å²) in [6.45, 7) is 5.16. The maximum atomic E-state index is 11.5. The highest BCUT2D eigenvalue weighted by Gasteiger charge is 2.19. The number of primary amides is 1. The number of urea groups is 1. The Labute approximate surface area is 89.2 Å². The standard InChI is InChI=1S/C9H19N3O3/c1-5(2)7(4-13)12-8(14)6(3)11-9(10)15/h5-7,13H,4H2,1-3H3,(H,12,14)(H3,10,11,15). The molecule has 0 aliphatic heterocycles. The Bertz CT molecular complexity index is 231. The van der Waals surface area contributed by atoms with Crippen molar-refractivity contribution in [3.63, 3.8) is 0 Å². The second kappa shape index (κ2) is 6.23. The van der Waals surface area contributed by atoms with Gasteiger partial charge >= 0.3 is 6.03 Å². The van der Waals surface area contributed by atoms with Gasteiger partial charge in [-0.05, 0) is 12.8 Å². The van der Waals surface area contributed by atoms with Crippen molar-refractivity contribution < 1.29 is 14.7 Å². The van der Waals surface area contributed by atoms with E-state index >= 15 is 0 Å². The van der Waals surface area contributed by atoms with E-state index in [0.29, 0.717) is 0 Å². The lowest BCUT2D eigenvalue weighted by atomic mass is 10.1. The molecule has 0 bridgehead atoms. The van der Waals surface area contributed by atoms with Crippen molar-refractivity contribution in [1.29, 1.82) is 0 Å². The zero-order valence-corrected chi connectivity index (χ0v) is 9.28. The van der Waals surface area contributed by atoms with Gasteiger partial charge in [0.25, 0.3) is 0 Å². The summed E-state index contributed by atoms with van der Waals surface area (Å²) in [5, 5.41) is 13.9. The SMILES string of the molecule is CC(NC(N)=O)C(=O)NC(CO)C(C)C. The molecule has 0 saturated carbocycles. The van der Waals surface area contributed by atoms with E-state index in [2.05, 4.69) is 10.6 Å². The van der Waals surface area contributed by atoms with Gasteiger partial charge in [0.15, 0.2) is 0 Å². The van der Waals surface area contributed by atoms with E-state index in [9.17, 15) is 9.59 Å². The Hall–Kier alpha value is -1.30. The topological polar surface area (TPSA) is 104 Å². The normalized spacial score (nSPS) is 14.5. The lowest BCUT2D eigenvalue weighted by Gasteiger charge is -2.22. The molecule has 2 atom stereocenters. The third-order valence-corrected chi connectivity index (χ3v) is 2.08. The molecule has 15 heavy (non-hydrogen) atoms. The predicted octanol–water partition coefficient (Wildman–Crippen LogP) is -0.824. The summed E-state index contributed by atoms with van der Waals surface area (Å²) in [6, 6.07) is -1.76. The Kier molecular flexibility index (Phi) is 5.69. The van der Waals surface area contributed by atoms with Crippen LogP contribution in [0.1, 0.15) is 20.8 Å². The molecule has 0 spiro atoms. The van der Waals surface area contributed by atoms with Crippen molar-refractivity contribution in [2.45, 2.75) is 32.9 Å². The first-order valence-corrected chi connectivity index (χ1v) is 4.85. The first kappa shape index (κ1) is 13.7. The van der Waals surface area contributed by atoms with Crippen LogP contribution in [0.4, 0.5) is 4.79 Å². The molecule has 0 aromatic heterocycles. The molecule has 0 fully saturated rings. The van der Waals surface area contributed by atoms with E-state index < -0.39 is 12.1 Å². The molecule has 3 amide bonds. The van der Waals surface area contributed by atoms with E-state index in [1.54, 1.807) is 0 Å². The van der Waals surface area contributed by atoms with E-state index in [1.807, 2.05) is 13.8 Å². The smallest absolute Gasteiger partial charge is 0.312 e. The van der Waals surface area contributed by atoms with Gasteiger partial charge in [0.1, 0.15) is 6.04 Å². The van der Waals surface area contributed by atoms with Gasteiger partial charge in [0.05, 0.1) is 12.6 Å². The third-order valence-electron chi connectivity index (χ3n) is 2.08. The number of amides is 3. The van der Waals surface area contributed by atoms with Gasteiger partial charge in [-0.25, -0.2) is 4.79 Å². The average molecular weight is 217 g/mol. The zero-order chi connectivity index (χ0) is 12.0. The number of hydrogen-bond acceptors (Lipinski definition) is 3. The molecule has 0 aromatic rings. The molecule has 0 aromatic carbocycles. The van der Waals surface area contributed by atoms with Crippen LogP contribution in [-0.2, 0) is 4.79 Å². The zero-order valence-electron chi connectivity index (χ0n) is 9.28. The first-order valence-electron chi connectivity index (χ1n) is 4.85. The molecule has 88 valence electrons. The van der Waals surface area contributed by atoms with Crippen LogP contribution in [0, 0.1) is 5.92 Å². The average Bonchev–Trinajstić information content (AvgIpc) is 2.11. The van der Waals surface area contributed by atoms with Crippen molar-refractivity contribution in [3.8, 4) is 0 Å². The van der Waals surface area contributed by atoms with Crippen molar-refractivity contribution in [2.24, 2.45) is 11.7 Å². The molecule has 6 heteroatoms. The molecule has 6 nitrogen and oxygen atoms in total. The molecule has 0 heterocycles. The van der Waals surface area contributed by atoms with Crippen LogP contribution in [0.5, 0.6) is 0 Å². The number of carbonyl (C=O) groups excluding carboxylic acids is 2. The molecule has 5 N–H and O–H groups in total. The quantitative estimate of drug-likeness (QED) is 0.483. The number of rotatable bonds is 5. The lowest BCUT2D eigenvalue weighted by Crippen LogP contribution is -2.51. The van der Waals surface area contributed by atoms with Crippen molar-refractivity contribution >= 4 is 11.9 Å². The number of nitrogens with one attached hydrogen (secondary N) is 2. The van der Waals surface area contributed by atoms with Gasteiger partial charge in [0, 0.05) is 0 Å². The van der Waals surface area contributed by atoms with Crippen molar-refractivity contribution in [1.82, 2.24) is 10.6 Å². The van der Waals surface area contributed by atoms with Crippen LogP contribution in [0.25, 0.3) is 0 Å². The number of nitrogens with two attached hydrogens (primary N) is 1. The Morgan fingerprint density at radius 2 is 1.80 bits per heavy atom. The van der Waals surface area contributed by atoms with Crippen LogP contribution in [0.2, 0.25) is 0 Å². The van der Waals surface area contributed by atoms with Crippen LogP contribution in [0.3, 0.4) is 0 Å². The summed E-state index contributed by atoms with van der Waals surface area (Å²) in [7, 11) is 0. The summed E-state index contributed by atoms with van der Waals surface area (Å²) in [5.74, 6) is -0.235. The minimum atomic E-state index is -0.747. The van der Waals surface area contributed by atoms with Crippen LogP contribution in [0.15, 0.2) is 0 Å². The molecular weight excluding hydrogens is 198 g/mol. The highest BCUT2D eigenvalue weighted by molar-refractivity contribution is 5.86. The largest absolute Gasteiger partial charge is 0.394 e. The van der Waals surface area contributed by atoms with Crippen molar-refractivity contribution in [3.05, 3.63) is 0 Å². The van der Waals surface area contributed by atoms with Gasteiger partial charge in [-0.2, -0.15) is 0 Å². The van der Waals surface area contributed by atoms with Gasteiger partial charge in [-0.3, -0.25) is 4.79 Å². The maximum absolute atomic E-state index is 11.5. The summed E-state index contributed by atoms with van der Waals surface area (Å²) in [4.78, 5) is 21.9. The second-order valence-electron chi connectivity index (χ2n) is 3.77. The number of carbonyl (C=O) groups is 2. The highest BCUT2D eigenvalue weighted by atomic mass is 16.3. The van der Waals surface area contributed by atoms with E-state index in [-0.39, 0.29) is 24.5 Å². The summed E-state index contributed by atoms with van der Waals surface area (Å²) >= 11 is 0. The molecule has 2 unspecified atom stereocenters. The number of aliphatic hydroxyl groups is 1. The fourth-order valence-electron chi connectivity index (χ4n) is 1.01. The summed E-state index contributed by atoms with van der Waals surface area (Å²) < 4.78 is 0.